The minimum Gasteiger partial charge on any atom is -0.504 e. The number of β-lactam (4-membered cyclic amide) rings is 1. The van der Waals surface area contributed by atoms with Crippen molar-refractivity contribution < 1.29 is 38.9 Å². The summed E-state index contributed by atoms with van der Waals surface area (Å²) in [6.07, 6.45) is -1.67. The predicted octanol–water partition coefficient (Wildman–Crippen LogP) is 4.89. The maximum Gasteiger partial charge on any atom is 0.408 e. The third-order valence-electron chi connectivity index (χ3n) is 7.39. The van der Waals surface area contributed by atoms with Crippen molar-refractivity contribution in [2.75, 3.05) is 11.6 Å². The number of alkyl carbamates (subject to hydrolysis) is 1. The van der Waals surface area contributed by atoms with Crippen molar-refractivity contribution >= 4 is 47.2 Å². The van der Waals surface area contributed by atoms with Gasteiger partial charge in [0.15, 0.2) is 17.6 Å². The molecule has 1 saturated heterocycles. The highest BCUT2D eigenvalue weighted by Gasteiger charge is 2.55. The molecule has 5 rings (SSSR count). The molecule has 0 saturated carbocycles. The molecule has 3 aromatic carbocycles. The number of carbonyl (C=O) groups excluding carboxylic acids is 4. The molecule has 246 valence electrons. The number of phenols is 2. The summed E-state index contributed by atoms with van der Waals surface area (Å²) in [7, 11) is 0. The SMILES string of the molecule is CC(C)(C)OC(=O)N[C@@H](C(=O)N[C@@H]1C(=O)N2C(C(=O)OC(c3ccccc3)c3ccccc3)=C(CCl)CS[C@H]12)c1ccc(O)c(O)c1. The lowest BCUT2D eigenvalue weighted by molar-refractivity contribution is -0.154. The minimum absolute atomic E-state index is 0.0153. The smallest absolute Gasteiger partial charge is 0.408 e. The first-order valence-corrected chi connectivity index (χ1v) is 16.3. The van der Waals surface area contributed by atoms with E-state index in [-0.39, 0.29) is 17.1 Å². The van der Waals surface area contributed by atoms with Crippen molar-refractivity contribution in [3.05, 3.63) is 107 Å². The second-order valence-electron chi connectivity index (χ2n) is 11.9. The van der Waals surface area contributed by atoms with Crippen molar-refractivity contribution in [3.63, 3.8) is 0 Å². The van der Waals surface area contributed by atoms with Crippen molar-refractivity contribution in [2.24, 2.45) is 0 Å². The Morgan fingerprint density at radius 1 is 0.957 bits per heavy atom. The molecule has 13 heteroatoms. The van der Waals surface area contributed by atoms with Gasteiger partial charge < -0.3 is 30.3 Å². The lowest BCUT2D eigenvalue weighted by Crippen LogP contribution is -2.71. The maximum absolute atomic E-state index is 13.8. The Morgan fingerprint density at radius 2 is 1.57 bits per heavy atom. The Kier molecular flexibility index (Phi) is 10.0. The first-order chi connectivity index (χ1) is 22.4. The number of carbonyl (C=O) groups is 4. The Morgan fingerprint density at radius 3 is 2.13 bits per heavy atom. The minimum atomic E-state index is -1.40. The van der Waals surface area contributed by atoms with Crippen molar-refractivity contribution in [2.45, 2.75) is 49.9 Å². The molecule has 3 atom stereocenters. The third kappa shape index (κ3) is 7.50. The van der Waals surface area contributed by atoms with Crippen molar-refractivity contribution in [1.82, 2.24) is 15.5 Å². The molecule has 2 aliphatic heterocycles. The summed E-state index contributed by atoms with van der Waals surface area (Å²) in [6, 6.07) is 19.6. The van der Waals surface area contributed by atoms with Gasteiger partial charge in [0.1, 0.15) is 28.8 Å². The van der Waals surface area contributed by atoms with Crippen LogP contribution < -0.4 is 10.6 Å². The van der Waals surface area contributed by atoms with Gasteiger partial charge in [0, 0.05) is 11.6 Å². The monoisotopic (exact) mass is 679 g/mol. The van der Waals surface area contributed by atoms with Crippen LogP contribution in [0.4, 0.5) is 4.79 Å². The summed E-state index contributed by atoms with van der Waals surface area (Å²) in [4.78, 5) is 55.1. The van der Waals surface area contributed by atoms with Gasteiger partial charge in [-0.2, -0.15) is 0 Å². The zero-order valence-electron chi connectivity index (χ0n) is 25.8. The summed E-state index contributed by atoms with van der Waals surface area (Å²) in [5, 5.41) is 24.3. The first-order valence-electron chi connectivity index (χ1n) is 14.7. The number of ether oxygens (including phenoxy) is 2. The fourth-order valence-corrected chi connectivity index (χ4v) is 6.88. The Labute approximate surface area is 280 Å². The molecule has 2 aliphatic rings. The van der Waals surface area contributed by atoms with Crippen LogP contribution in [0.25, 0.3) is 0 Å². The molecule has 47 heavy (non-hydrogen) atoms. The normalized spacial score (nSPS) is 18.1. The summed E-state index contributed by atoms with van der Waals surface area (Å²) < 4.78 is 11.4. The molecule has 0 bridgehead atoms. The highest BCUT2D eigenvalue weighted by molar-refractivity contribution is 8.00. The molecule has 2 heterocycles. The number of nitrogens with zero attached hydrogens (tertiary/aromatic N) is 1. The van der Waals surface area contributed by atoms with E-state index in [1.165, 1.54) is 28.8 Å². The molecule has 0 radical (unpaired) electrons. The number of esters is 1. The number of nitrogens with one attached hydrogen (secondary N) is 2. The number of phenolic OH excluding ortho intramolecular Hbond substituents is 2. The van der Waals surface area contributed by atoms with E-state index >= 15 is 0 Å². The molecule has 0 unspecified atom stereocenters. The summed E-state index contributed by atoms with van der Waals surface area (Å²) >= 11 is 7.57. The highest BCUT2D eigenvalue weighted by Crippen LogP contribution is 2.42. The second-order valence-corrected chi connectivity index (χ2v) is 13.3. The number of rotatable bonds is 9. The number of alkyl halides is 1. The van der Waals surface area contributed by atoms with Crippen LogP contribution in [-0.4, -0.2) is 67.6 Å². The summed E-state index contributed by atoms with van der Waals surface area (Å²) in [6.45, 7) is 4.97. The number of hydrogen-bond donors (Lipinski definition) is 4. The van der Waals surface area contributed by atoms with Crippen LogP contribution >= 0.6 is 23.4 Å². The fraction of sp³-hybridized carbons (Fsp3) is 0.294. The lowest BCUT2D eigenvalue weighted by atomic mass is 10.00. The van der Waals surface area contributed by atoms with E-state index in [4.69, 9.17) is 21.1 Å². The van der Waals surface area contributed by atoms with E-state index in [0.717, 1.165) is 17.2 Å². The quantitative estimate of drug-likeness (QED) is 0.107. The fourth-order valence-electron chi connectivity index (χ4n) is 5.20. The molecule has 3 amide bonds. The predicted molar refractivity (Wildman–Crippen MR) is 175 cm³/mol. The van der Waals surface area contributed by atoms with Gasteiger partial charge in [0.05, 0.1) is 0 Å². The van der Waals surface area contributed by atoms with Gasteiger partial charge in [0.2, 0.25) is 5.91 Å². The van der Waals surface area contributed by atoms with E-state index in [0.29, 0.717) is 11.3 Å². The lowest BCUT2D eigenvalue weighted by Gasteiger charge is -2.50. The zero-order valence-corrected chi connectivity index (χ0v) is 27.4. The van der Waals surface area contributed by atoms with Gasteiger partial charge in [-0.3, -0.25) is 14.5 Å². The molecular formula is C34H34ClN3O8S. The summed E-state index contributed by atoms with van der Waals surface area (Å²) in [5.41, 5.74) is 1.28. The van der Waals surface area contributed by atoms with Gasteiger partial charge in [-0.1, -0.05) is 66.7 Å². The Bertz CT molecular complexity index is 1660. The van der Waals surface area contributed by atoms with Gasteiger partial charge >= 0.3 is 12.1 Å². The average molecular weight is 680 g/mol. The average Bonchev–Trinajstić information content (AvgIpc) is 3.05. The van der Waals surface area contributed by atoms with Crippen molar-refractivity contribution in [3.8, 4) is 11.5 Å². The number of thioether (sulfide) groups is 1. The molecular weight excluding hydrogens is 646 g/mol. The standard InChI is InChI=1S/C34H34ClN3O8S/c1-34(2,3)46-33(44)37-25(21-14-15-23(39)24(40)16-21)29(41)36-26-30(42)38-27(22(17-35)18-47-31(26)38)32(43)45-28(19-10-6-4-7-11-19)20-12-8-5-9-13-20/h4-16,25-26,28,31,39-40H,17-18H2,1-3H3,(H,36,41)(H,37,44)/t25-,26-,31-/m1/s1. The Balaban J connectivity index is 1.37. The first kappa shape index (κ1) is 33.7. The highest BCUT2D eigenvalue weighted by atomic mass is 35.5. The van der Waals surface area contributed by atoms with Gasteiger partial charge in [-0.15, -0.1) is 23.4 Å². The molecule has 3 aromatic rings. The second kappa shape index (κ2) is 14.0. The molecule has 1 fully saturated rings. The third-order valence-corrected chi connectivity index (χ3v) is 9.05. The molecule has 11 nitrogen and oxygen atoms in total. The van der Waals surface area contributed by atoms with Crippen LogP contribution in [0.3, 0.4) is 0 Å². The number of fused-ring (bicyclic) bond motifs is 1. The van der Waals surface area contributed by atoms with Gasteiger partial charge in [-0.05, 0) is 55.2 Å². The zero-order chi connectivity index (χ0) is 33.9. The topological polar surface area (TPSA) is 154 Å². The van der Waals surface area contributed by atoms with E-state index in [9.17, 15) is 29.4 Å². The van der Waals surface area contributed by atoms with Gasteiger partial charge in [-0.25, -0.2) is 9.59 Å². The maximum atomic E-state index is 13.8. The largest absolute Gasteiger partial charge is 0.504 e. The molecule has 0 spiro atoms. The van der Waals surface area contributed by atoms with Crippen LogP contribution in [0.5, 0.6) is 11.5 Å². The van der Waals surface area contributed by atoms with Crippen LogP contribution in [0.1, 0.15) is 49.6 Å². The number of halogens is 1. The van der Waals surface area contributed by atoms with Gasteiger partial charge in [0.25, 0.3) is 5.91 Å². The van der Waals surface area contributed by atoms with E-state index in [1.54, 1.807) is 20.8 Å². The van der Waals surface area contributed by atoms with Crippen molar-refractivity contribution in [1.29, 1.82) is 0 Å². The molecule has 0 aliphatic carbocycles. The number of benzene rings is 3. The van der Waals surface area contributed by atoms with E-state index in [1.807, 2.05) is 60.7 Å². The van der Waals surface area contributed by atoms with E-state index < -0.39 is 64.5 Å². The van der Waals surface area contributed by atoms with Crippen LogP contribution in [-0.2, 0) is 23.9 Å². The number of aromatic hydroxyl groups is 2. The number of amides is 3. The van der Waals surface area contributed by atoms with E-state index in [2.05, 4.69) is 10.6 Å². The number of hydrogen-bond acceptors (Lipinski definition) is 9. The Hall–Kier alpha value is -4.68. The van der Waals surface area contributed by atoms with Crippen LogP contribution in [0.15, 0.2) is 90.1 Å². The summed E-state index contributed by atoms with van der Waals surface area (Å²) in [5.74, 6) is -2.71. The van der Waals surface area contributed by atoms with Crippen LogP contribution in [0.2, 0.25) is 0 Å². The molecule has 0 aromatic heterocycles. The van der Waals surface area contributed by atoms with Crippen LogP contribution in [0, 0.1) is 0 Å². The molecule has 4 N–H and O–H groups in total.